The summed E-state index contributed by atoms with van der Waals surface area (Å²) in [6, 6.07) is 7.43. The predicted molar refractivity (Wildman–Crippen MR) is 85.1 cm³/mol. The molecule has 0 fully saturated rings. The summed E-state index contributed by atoms with van der Waals surface area (Å²) < 4.78 is 5.43. The molecule has 0 saturated carbocycles. The van der Waals surface area contributed by atoms with Gasteiger partial charge < -0.3 is 19.9 Å². The van der Waals surface area contributed by atoms with Crippen LogP contribution in [0.25, 0.3) is 10.9 Å². The molecule has 118 valence electrons. The van der Waals surface area contributed by atoms with Crippen molar-refractivity contribution >= 4 is 22.7 Å². The number of hydrogen-bond donors (Lipinski definition) is 2. The number of hydrogen-bond acceptors (Lipinski definition) is 3. The first-order valence-electron chi connectivity index (χ1n) is 7.25. The van der Waals surface area contributed by atoms with Gasteiger partial charge in [0, 0.05) is 44.0 Å². The molecule has 1 aromatic carbocycles. The monoisotopic (exact) mass is 303 g/mol. The third kappa shape index (κ3) is 3.78. The highest BCUT2D eigenvalue weighted by atomic mass is 16.5. The SMILES string of the molecule is CCOc1ccc2cc(C(=O)NCCC(=O)N(C)C)[nH]c2c1. The van der Waals surface area contributed by atoms with Crippen LogP contribution < -0.4 is 10.1 Å². The predicted octanol–water partition coefficient (Wildman–Crippen LogP) is 1.77. The van der Waals surface area contributed by atoms with E-state index in [4.69, 9.17) is 4.74 Å². The van der Waals surface area contributed by atoms with Crippen molar-refractivity contribution in [1.29, 1.82) is 0 Å². The Kier molecular flexibility index (Phi) is 5.04. The van der Waals surface area contributed by atoms with Crippen molar-refractivity contribution in [2.75, 3.05) is 27.2 Å². The van der Waals surface area contributed by atoms with Crippen LogP contribution in [-0.2, 0) is 4.79 Å². The maximum atomic E-state index is 12.1. The summed E-state index contributed by atoms with van der Waals surface area (Å²) in [4.78, 5) is 28.1. The quantitative estimate of drug-likeness (QED) is 0.854. The summed E-state index contributed by atoms with van der Waals surface area (Å²) in [5, 5.41) is 3.68. The van der Waals surface area contributed by atoms with Crippen LogP contribution in [0.4, 0.5) is 0 Å². The molecule has 6 nitrogen and oxygen atoms in total. The van der Waals surface area contributed by atoms with E-state index in [0.29, 0.717) is 18.8 Å². The van der Waals surface area contributed by atoms with Crippen LogP contribution in [0.5, 0.6) is 5.75 Å². The van der Waals surface area contributed by atoms with Gasteiger partial charge in [0.25, 0.3) is 5.91 Å². The fourth-order valence-electron chi connectivity index (χ4n) is 2.09. The molecule has 22 heavy (non-hydrogen) atoms. The fourth-order valence-corrected chi connectivity index (χ4v) is 2.09. The first kappa shape index (κ1) is 15.9. The van der Waals surface area contributed by atoms with Gasteiger partial charge in [0.2, 0.25) is 5.91 Å². The molecule has 2 rings (SSSR count). The van der Waals surface area contributed by atoms with Crippen molar-refractivity contribution in [1.82, 2.24) is 15.2 Å². The third-order valence-corrected chi connectivity index (χ3v) is 3.27. The topological polar surface area (TPSA) is 74.4 Å². The number of rotatable bonds is 6. The van der Waals surface area contributed by atoms with Crippen LogP contribution in [0.3, 0.4) is 0 Å². The highest BCUT2D eigenvalue weighted by Gasteiger charge is 2.11. The van der Waals surface area contributed by atoms with Crippen LogP contribution in [-0.4, -0.2) is 48.9 Å². The number of carbonyl (C=O) groups excluding carboxylic acids is 2. The van der Waals surface area contributed by atoms with Crippen molar-refractivity contribution < 1.29 is 14.3 Å². The Balaban J connectivity index is 2.01. The van der Waals surface area contributed by atoms with E-state index in [1.165, 1.54) is 4.90 Å². The molecule has 2 aromatic rings. The van der Waals surface area contributed by atoms with E-state index in [9.17, 15) is 9.59 Å². The van der Waals surface area contributed by atoms with Crippen molar-refractivity contribution in [2.45, 2.75) is 13.3 Å². The van der Waals surface area contributed by atoms with Crippen LogP contribution in [0.2, 0.25) is 0 Å². The lowest BCUT2D eigenvalue weighted by molar-refractivity contribution is -0.128. The smallest absolute Gasteiger partial charge is 0.267 e. The number of nitrogens with zero attached hydrogens (tertiary/aromatic N) is 1. The van der Waals surface area contributed by atoms with E-state index >= 15 is 0 Å². The van der Waals surface area contributed by atoms with Gasteiger partial charge in [-0.3, -0.25) is 9.59 Å². The number of amides is 2. The molecule has 0 saturated heterocycles. The van der Waals surface area contributed by atoms with Crippen molar-refractivity contribution in [2.24, 2.45) is 0 Å². The largest absolute Gasteiger partial charge is 0.494 e. The van der Waals surface area contributed by atoms with E-state index < -0.39 is 0 Å². The zero-order valence-corrected chi connectivity index (χ0v) is 13.1. The van der Waals surface area contributed by atoms with Gasteiger partial charge in [-0.15, -0.1) is 0 Å². The van der Waals surface area contributed by atoms with E-state index in [1.54, 1.807) is 20.2 Å². The Morgan fingerprint density at radius 2 is 2.05 bits per heavy atom. The van der Waals surface area contributed by atoms with Gasteiger partial charge in [0.15, 0.2) is 0 Å². The van der Waals surface area contributed by atoms with Crippen LogP contribution in [0, 0.1) is 0 Å². The molecular weight excluding hydrogens is 282 g/mol. The van der Waals surface area contributed by atoms with E-state index in [-0.39, 0.29) is 18.2 Å². The molecule has 0 bridgehead atoms. The summed E-state index contributed by atoms with van der Waals surface area (Å²) in [5.74, 6) is 0.527. The maximum Gasteiger partial charge on any atom is 0.267 e. The van der Waals surface area contributed by atoms with Gasteiger partial charge in [-0.2, -0.15) is 0 Å². The van der Waals surface area contributed by atoms with Crippen LogP contribution >= 0.6 is 0 Å². The minimum atomic E-state index is -0.222. The lowest BCUT2D eigenvalue weighted by Crippen LogP contribution is -2.30. The van der Waals surface area contributed by atoms with Gasteiger partial charge in [-0.05, 0) is 25.1 Å². The molecule has 2 N–H and O–H groups in total. The standard InChI is InChI=1S/C16H21N3O3/c1-4-22-12-6-5-11-9-14(18-13(11)10-12)16(21)17-8-7-15(20)19(2)3/h5-6,9-10,18H,4,7-8H2,1-3H3,(H,17,21). The number of ether oxygens (including phenoxy) is 1. The van der Waals surface area contributed by atoms with Gasteiger partial charge in [0.05, 0.1) is 6.61 Å². The fraction of sp³-hybridized carbons (Fsp3) is 0.375. The Morgan fingerprint density at radius 1 is 1.27 bits per heavy atom. The van der Waals surface area contributed by atoms with Crippen LogP contribution in [0.1, 0.15) is 23.8 Å². The summed E-state index contributed by atoms with van der Waals surface area (Å²) in [6.07, 6.45) is 0.285. The summed E-state index contributed by atoms with van der Waals surface area (Å²) in [6.45, 7) is 2.83. The van der Waals surface area contributed by atoms with Gasteiger partial charge in [-0.1, -0.05) is 0 Å². The lowest BCUT2D eigenvalue weighted by Gasteiger charge is -2.10. The Morgan fingerprint density at radius 3 is 2.73 bits per heavy atom. The molecule has 0 aliphatic heterocycles. The molecule has 0 radical (unpaired) electrons. The number of carbonyl (C=O) groups is 2. The number of nitrogens with one attached hydrogen (secondary N) is 2. The van der Waals surface area contributed by atoms with Crippen molar-refractivity contribution in [3.8, 4) is 5.75 Å². The Hall–Kier alpha value is -2.50. The number of fused-ring (bicyclic) bond motifs is 1. The second kappa shape index (κ2) is 6.98. The van der Waals surface area contributed by atoms with E-state index in [0.717, 1.165) is 16.7 Å². The molecule has 2 amide bonds. The van der Waals surface area contributed by atoms with Crippen molar-refractivity contribution in [3.05, 3.63) is 30.0 Å². The Bertz CT molecular complexity index is 676. The van der Waals surface area contributed by atoms with Gasteiger partial charge in [0.1, 0.15) is 11.4 Å². The zero-order chi connectivity index (χ0) is 16.1. The Labute approximate surface area is 129 Å². The molecule has 0 unspecified atom stereocenters. The molecular formula is C16H21N3O3. The molecule has 1 aromatic heterocycles. The normalized spacial score (nSPS) is 10.5. The molecule has 0 aliphatic rings. The first-order chi connectivity index (χ1) is 10.5. The molecule has 0 atom stereocenters. The second-order valence-corrected chi connectivity index (χ2v) is 5.16. The summed E-state index contributed by atoms with van der Waals surface area (Å²) in [5.41, 5.74) is 1.32. The molecule has 1 heterocycles. The summed E-state index contributed by atoms with van der Waals surface area (Å²) >= 11 is 0. The zero-order valence-electron chi connectivity index (χ0n) is 13.1. The van der Waals surface area contributed by atoms with Crippen molar-refractivity contribution in [3.63, 3.8) is 0 Å². The maximum absolute atomic E-state index is 12.1. The van der Waals surface area contributed by atoms with E-state index in [2.05, 4.69) is 10.3 Å². The molecule has 0 spiro atoms. The van der Waals surface area contributed by atoms with Crippen LogP contribution in [0.15, 0.2) is 24.3 Å². The highest BCUT2D eigenvalue weighted by molar-refractivity contribution is 5.98. The molecule has 6 heteroatoms. The van der Waals surface area contributed by atoms with E-state index in [1.807, 2.05) is 25.1 Å². The number of aromatic amines is 1. The minimum absolute atomic E-state index is 0.0155. The average Bonchev–Trinajstić information content (AvgIpc) is 2.90. The number of aromatic nitrogens is 1. The second-order valence-electron chi connectivity index (χ2n) is 5.16. The van der Waals surface area contributed by atoms with Gasteiger partial charge in [-0.25, -0.2) is 0 Å². The minimum Gasteiger partial charge on any atom is -0.494 e. The number of H-pyrrole nitrogens is 1. The highest BCUT2D eigenvalue weighted by Crippen LogP contribution is 2.21. The molecule has 0 aliphatic carbocycles. The average molecular weight is 303 g/mol. The lowest BCUT2D eigenvalue weighted by atomic mass is 10.2. The van der Waals surface area contributed by atoms with Gasteiger partial charge >= 0.3 is 0 Å². The number of benzene rings is 1. The third-order valence-electron chi connectivity index (χ3n) is 3.27. The first-order valence-corrected chi connectivity index (χ1v) is 7.25. The summed E-state index contributed by atoms with van der Waals surface area (Å²) in [7, 11) is 3.38.